The van der Waals surface area contributed by atoms with Crippen molar-refractivity contribution in [3.05, 3.63) is 18.2 Å². The Morgan fingerprint density at radius 1 is 1.33 bits per heavy atom. The largest absolute Gasteiger partial charge is 0.347 e. The maximum Gasteiger partial charge on any atom is 0.0922 e. The van der Waals surface area contributed by atoms with Gasteiger partial charge in [-0.3, -0.25) is 0 Å². The van der Waals surface area contributed by atoms with E-state index in [1.165, 1.54) is 6.42 Å². The van der Waals surface area contributed by atoms with Gasteiger partial charge in [-0.2, -0.15) is 0 Å². The first-order valence-electron chi connectivity index (χ1n) is 5.67. The minimum atomic E-state index is 0.739. The molecule has 4 heteroatoms. The standard InChI is InChI=1S/C11H22N4/c1-10(2)6-12-4-3-5-13-7-11-8-14-9-15-11/h8-10,12-13H,3-7H2,1-2H3,(H,14,15). The third-order valence-electron chi connectivity index (χ3n) is 2.13. The summed E-state index contributed by atoms with van der Waals surface area (Å²) in [6.07, 6.45) is 4.73. The van der Waals surface area contributed by atoms with Gasteiger partial charge in [0.25, 0.3) is 0 Å². The molecule has 0 aliphatic heterocycles. The molecule has 1 aromatic rings. The highest BCUT2D eigenvalue weighted by molar-refractivity contribution is 4.92. The molecule has 0 bridgehead atoms. The molecule has 86 valence electrons. The number of rotatable bonds is 8. The highest BCUT2D eigenvalue weighted by atomic mass is 14.9. The Balaban J connectivity index is 1.85. The van der Waals surface area contributed by atoms with Crippen molar-refractivity contribution in [2.75, 3.05) is 19.6 Å². The van der Waals surface area contributed by atoms with E-state index in [0.717, 1.165) is 37.8 Å². The van der Waals surface area contributed by atoms with Crippen LogP contribution in [-0.2, 0) is 6.54 Å². The first-order chi connectivity index (χ1) is 7.29. The Hall–Kier alpha value is -0.870. The van der Waals surface area contributed by atoms with Crippen molar-refractivity contribution in [3.8, 4) is 0 Å². The zero-order chi connectivity index (χ0) is 10.9. The lowest BCUT2D eigenvalue weighted by molar-refractivity contribution is 0.529. The van der Waals surface area contributed by atoms with Crippen LogP contribution in [0.4, 0.5) is 0 Å². The lowest BCUT2D eigenvalue weighted by atomic mass is 10.2. The van der Waals surface area contributed by atoms with Gasteiger partial charge in [-0.05, 0) is 32.0 Å². The molecule has 0 aliphatic carbocycles. The highest BCUT2D eigenvalue weighted by Gasteiger charge is 1.94. The van der Waals surface area contributed by atoms with Crippen molar-refractivity contribution >= 4 is 0 Å². The quantitative estimate of drug-likeness (QED) is 0.564. The smallest absolute Gasteiger partial charge is 0.0922 e. The highest BCUT2D eigenvalue weighted by Crippen LogP contribution is 1.89. The lowest BCUT2D eigenvalue weighted by Crippen LogP contribution is -2.24. The predicted octanol–water partition coefficient (Wildman–Crippen LogP) is 1.13. The molecule has 0 spiro atoms. The minimum Gasteiger partial charge on any atom is -0.347 e. The average Bonchev–Trinajstić information content (AvgIpc) is 2.68. The second-order valence-corrected chi connectivity index (χ2v) is 4.21. The van der Waals surface area contributed by atoms with Crippen molar-refractivity contribution in [1.82, 2.24) is 20.6 Å². The molecular formula is C11H22N4. The van der Waals surface area contributed by atoms with E-state index >= 15 is 0 Å². The SMILES string of the molecule is CC(C)CNCCCNCc1cnc[nH]1. The summed E-state index contributed by atoms with van der Waals surface area (Å²) in [7, 11) is 0. The van der Waals surface area contributed by atoms with Gasteiger partial charge in [0, 0.05) is 18.4 Å². The first kappa shape index (κ1) is 12.2. The molecule has 0 radical (unpaired) electrons. The van der Waals surface area contributed by atoms with E-state index in [1.54, 1.807) is 6.33 Å². The molecule has 0 aromatic carbocycles. The van der Waals surface area contributed by atoms with Crippen LogP contribution >= 0.6 is 0 Å². The van der Waals surface area contributed by atoms with Gasteiger partial charge in [0.1, 0.15) is 0 Å². The molecule has 0 saturated carbocycles. The number of nitrogens with zero attached hydrogens (tertiary/aromatic N) is 1. The Bertz CT molecular complexity index is 231. The van der Waals surface area contributed by atoms with Crippen molar-refractivity contribution in [3.63, 3.8) is 0 Å². The maximum atomic E-state index is 3.96. The molecule has 1 aromatic heterocycles. The van der Waals surface area contributed by atoms with Crippen LogP contribution in [0.25, 0.3) is 0 Å². The summed E-state index contributed by atoms with van der Waals surface area (Å²) in [4.78, 5) is 7.03. The van der Waals surface area contributed by atoms with Gasteiger partial charge in [0.2, 0.25) is 0 Å². The third-order valence-corrected chi connectivity index (χ3v) is 2.13. The van der Waals surface area contributed by atoms with E-state index in [2.05, 4.69) is 34.4 Å². The molecule has 0 amide bonds. The van der Waals surface area contributed by atoms with Gasteiger partial charge in [-0.25, -0.2) is 4.98 Å². The summed E-state index contributed by atoms with van der Waals surface area (Å²) < 4.78 is 0. The van der Waals surface area contributed by atoms with Crippen LogP contribution in [0.2, 0.25) is 0 Å². The van der Waals surface area contributed by atoms with E-state index in [4.69, 9.17) is 0 Å². The van der Waals surface area contributed by atoms with Crippen LogP contribution in [0.5, 0.6) is 0 Å². The number of aromatic nitrogens is 2. The Morgan fingerprint density at radius 3 is 2.80 bits per heavy atom. The van der Waals surface area contributed by atoms with E-state index in [0.29, 0.717) is 0 Å². The normalized spacial score (nSPS) is 11.1. The molecule has 0 atom stereocenters. The lowest BCUT2D eigenvalue weighted by Gasteiger charge is -2.07. The molecule has 15 heavy (non-hydrogen) atoms. The van der Waals surface area contributed by atoms with Crippen LogP contribution < -0.4 is 10.6 Å². The number of hydrogen-bond donors (Lipinski definition) is 3. The first-order valence-corrected chi connectivity index (χ1v) is 5.67. The summed E-state index contributed by atoms with van der Waals surface area (Å²) in [6, 6.07) is 0. The molecule has 0 saturated heterocycles. The van der Waals surface area contributed by atoms with Crippen LogP contribution in [-0.4, -0.2) is 29.6 Å². The minimum absolute atomic E-state index is 0.739. The van der Waals surface area contributed by atoms with Crippen molar-refractivity contribution in [2.24, 2.45) is 5.92 Å². The molecule has 3 N–H and O–H groups in total. The Kier molecular flexibility index (Phi) is 6.04. The van der Waals surface area contributed by atoms with Crippen LogP contribution in [0.15, 0.2) is 12.5 Å². The zero-order valence-electron chi connectivity index (χ0n) is 9.71. The van der Waals surface area contributed by atoms with Gasteiger partial charge in [-0.15, -0.1) is 0 Å². The molecule has 4 nitrogen and oxygen atoms in total. The van der Waals surface area contributed by atoms with E-state index in [1.807, 2.05) is 6.20 Å². The molecule has 0 fully saturated rings. The van der Waals surface area contributed by atoms with Gasteiger partial charge < -0.3 is 15.6 Å². The number of hydrogen-bond acceptors (Lipinski definition) is 3. The molecular weight excluding hydrogens is 188 g/mol. The summed E-state index contributed by atoms with van der Waals surface area (Å²) in [5.41, 5.74) is 1.14. The van der Waals surface area contributed by atoms with Gasteiger partial charge in [-0.1, -0.05) is 13.8 Å². The van der Waals surface area contributed by atoms with E-state index in [-0.39, 0.29) is 0 Å². The van der Waals surface area contributed by atoms with Gasteiger partial charge in [0.15, 0.2) is 0 Å². The summed E-state index contributed by atoms with van der Waals surface area (Å²) >= 11 is 0. The van der Waals surface area contributed by atoms with Crippen molar-refractivity contribution in [2.45, 2.75) is 26.8 Å². The molecule has 0 aliphatic rings. The molecule has 0 unspecified atom stereocenters. The second kappa shape index (κ2) is 7.43. The number of imidazole rings is 1. The monoisotopic (exact) mass is 210 g/mol. The molecule has 1 heterocycles. The molecule has 1 rings (SSSR count). The number of H-pyrrole nitrogens is 1. The maximum absolute atomic E-state index is 3.96. The fourth-order valence-corrected chi connectivity index (χ4v) is 1.33. The fourth-order valence-electron chi connectivity index (χ4n) is 1.33. The average molecular weight is 210 g/mol. The van der Waals surface area contributed by atoms with Crippen LogP contribution in [0.1, 0.15) is 26.0 Å². The van der Waals surface area contributed by atoms with Crippen molar-refractivity contribution in [1.29, 1.82) is 0 Å². The fraction of sp³-hybridized carbons (Fsp3) is 0.727. The summed E-state index contributed by atoms with van der Waals surface area (Å²) in [5, 5.41) is 6.78. The van der Waals surface area contributed by atoms with Crippen LogP contribution in [0, 0.1) is 5.92 Å². The van der Waals surface area contributed by atoms with Gasteiger partial charge in [0.05, 0.1) is 6.33 Å². The Labute approximate surface area is 91.9 Å². The van der Waals surface area contributed by atoms with E-state index in [9.17, 15) is 0 Å². The predicted molar refractivity (Wildman–Crippen MR) is 62.6 cm³/mol. The van der Waals surface area contributed by atoms with E-state index < -0.39 is 0 Å². The summed E-state index contributed by atoms with van der Waals surface area (Å²) in [5.74, 6) is 0.739. The third kappa shape index (κ3) is 6.25. The number of aromatic amines is 1. The zero-order valence-corrected chi connectivity index (χ0v) is 9.71. The van der Waals surface area contributed by atoms with Gasteiger partial charge >= 0.3 is 0 Å². The Morgan fingerprint density at radius 2 is 2.13 bits per heavy atom. The number of nitrogens with one attached hydrogen (secondary N) is 3. The topological polar surface area (TPSA) is 52.7 Å². The second-order valence-electron chi connectivity index (χ2n) is 4.21. The van der Waals surface area contributed by atoms with Crippen molar-refractivity contribution < 1.29 is 0 Å². The summed E-state index contributed by atoms with van der Waals surface area (Å²) in [6.45, 7) is 8.58. The van der Waals surface area contributed by atoms with Crippen LogP contribution in [0.3, 0.4) is 0 Å².